The Labute approximate surface area is 312 Å². The molecule has 10 rings (SSSR count). The molecule has 0 aliphatic rings. The molecule has 1 radical (unpaired) electrons. The zero-order valence-electron chi connectivity index (χ0n) is 30.4. The number of aromatic nitrogens is 4. The van der Waals surface area contributed by atoms with Gasteiger partial charge < -0.3 is 14.0 Å². The molecule has 0 unspecified atom stereocenters. The molecule has 5 nitrogen and oxygen atoms in total. The zero-order valence-corrected chi connectivity index (χ0v) is 29.8. The third-order valence-corrected chi connectivity index (χ3v) is 8.94. The Kier molecular flexibility index (Phi) is 7.58. The molecule has 0 saturated carbocycles. The molecule has 0 atom stereocenters. The number of para-hydroxylation sites is 1. The van der Waals surface area contributed by atoms with Crippen LogP contribution in [0.1, 0.15) is 15.2 Å². The quantitative estimate of drug-likeness (QED) is 0.131. The van der Waals surface area contributed by atoms with E-state index in [9.17, 15) is 0 Å². The average molecular weight is 838 g/mol. The Bertz CT molecular complexity index is 2940. The number of nitrogens with zero attached hydrogens (tertiary/aromatic N) is 4. The van der Waals surface area contributed by atoms with E-state index in [0.717, 1.165) is 72.1 Å². The van der Waals surface area contributed by atoms with Crippen molar-refractivity contribution in [1.82, 2.24) is 19.5 Å². The molecule has 247 valence electrons. The molecule has 0 amide bonds. The summed E-state index contributed by atoms with van der Waals surface area (Å²) >= 11 is 0. The fraction of sp³-hybridized carbons (Fsp3) is 0.0444. The van der Waals surface area contributed by atoms with Gasteiger partial charge in [0.05, 0.1) is 16.9 Å². The Hall–Kier alpha value is -5.94. The summed E-state index contributed by atoms with van der Waals surface area (Å²) in [6, 6.07) is 50.8. The SMILES string of the molecule is Cc1cnc2nc(-c3[c-]ccc4c3oc3c4ccc4ccc5ccccc5c43)n(-c3ccccc3)c2c1.[2H]C([2H])([2H])c1ccc(-c2[c-]cccc2)nc1.[Ir]. The number of hydrogen-bond acceptors (Lipinski definition) is 4. The first-order valence-electron chi connectivity index (χ1n) is 17.9. The standard InChI is InChI=1S/C33H20N3O.C12H10N.Ir/c1-20-18-28-32(34-19-20)35-33(36(28)23-9-3-2-4-10-23)27-13-7-12-25-26-17-16-22-15-14-21-8-5-6-11-24(21)29(22)31(26)37-30(25)27;1-10-7-8-12(13-9-10)11-5-3-2-4-6-11;/h2-12,14-19H,1H3;2-5,7-9H,1H3;/q2*-1;/i;1D3;. The van der Waals surface area contributed by atoms with Crippen LogP contribution in [0.2, 0.25) is 0 Å². The Balaban J connectivity index is 0.000000206. The maximum atomic E-state index is 7.23. The molecule has 0 N–H and O–H groups in total. The summed E-state index contributed by atoms with van der Waals surface area (Å²) in [6.45, 7) is -0.0398. The maximum Gasteiger partial charge on any atom is 0.168 e. The van der Waals surface area contributed by atoms with Gasteiger partial charge in [0.1, 0.15) is 5.58 Å². The fourth-order valence-electron chi connectivity index (χ4n) is 6.63. The van der Waals surface area contributed by atoms with Crippen LogP contribution < -0.4 is 0 Å². The molecule has 51 heavy (non-hydrogen) atoms. The number of imidazole rings is 1. The monoisotopic (exact) mass is 838 g/mol. The second-order valence-electron chi connectivity index (χ2n) is 12.2. The van der Waals surface area contributed by atoms with Crippen LogP contribution in [0.25, 0.3) is 83.0 Å². The summed E-state index contributed by atoms with van der Waals surface area (Å²) in [5.74, 6) is 0.762. The number of hydrogen-bond donors (Lipinski definition) is 0. The summed E-state index contributed by atoms with van der Waals surface area (Å²) in [6.07, 6.45) is 3.25. The van der Waals surface area contributed by atoms with Crippen molar-refractivity contribution in [3.05, 3.63) is 169 Å². The van der Waals surface area contributed by atoms with Gasteiger partial charge in [0.15, 0.2) is 5.65 Å². The van der Waals surface area contributed by atoms with Gasteiger partial charge in [-0.05, 0) is 65.0 Å². The van der Waals surface area contributed by atoms with Crippen LogP contribution in [0.3, 0.4) is 0 Å². The van der Waals surface area contributed by atoms with Crippen LogP contribution in [0.5, 0.6) is 0 Å². The minimum atomic E-state index is -2.09. The van der Waals surface area contributed by atoms with Gasteiger partial charge >= 0.3 is 0 Å². The fourth-order valence-corrected chi connectivity index (χ4v) is 6.63. The van der Waals surface area contributed by atoms with Gasteiger partial charge in [-0.3, -0.25) is 4.98 Å². The Morgan fingerprint density at radius 1 is 0.667 bits per heavy atom. The average Bonchev–Trinajstić information content (AvgIpc) is 3.77. The molecular formula is C45H30IrN4O-2. The van der Waals surface area contributed by atoms with E-state index in [-0.39, 0.29) is 25.7 Å². The van der Waals surface area contributed by atoms with Crippen LogP contribution in [0.4, 0.5) is 0 Å². The molecule has 6 aromatic carbocycles. The summed E-state index contributed by atoms with van der Waals surface area (Å²) in [7, 11) is 0. The van der Waals surface area contributed by atoms with E-state index >= 15 is 0 Å². The van der Waals surface area contributed by atoms with Crippen molar-refractivity contribution in [1.29, 1.82) is 0 Å². The maximum absolute atomic E-state index is 7.23. The first-order chi connectivity index (χ1) is 25.8. The summed E-state index contributed by atoms with van der Waals surface area (Å²) in [5, 5.41) is 6.81. The third kappa shape index (κ3) is 5.79. The van der Waals surface area contributed by atoms with Crippen molar-refractivity contribution in [2.24, 2.45) is 0 Å². The molecule has 10 aromatic rings. The van der Waals surface area contributed by atoms with Crippen LogP contribution in [-0.2, 0) is 20.1 Å². The first-order valence-corrected chi connectivity index (χ1v) is 16.4. The van der Waals surface area contributed by atoms with E-state index in [2.05, 4.69) is 106 Å². The molecular weight excluding hydrogens is 805 g/mol. The van der Waals surface area contributed by atoms with Crippen molar-refractivity contribution in [3.63, 3.8) is 0 Å². The summed E-state index contributed by atoms with van der Waals surface area (Å²) < 4.78 is 30.6. The van der Waals surface area contributed by atoms with Gasteiger partial charge in [0, 0.05) is 53.1 Å². The van der Waals surface area contributed by atoms with Crippen molar-refractivity contribution >= 4 is 54.6 Å². The molecule has 0 fully saturated rings. The van der Waals surface area contributed by atoms with Crippen molar-refractivity contribution in [2.45, 2.75) is 13.8 Å². The van der Waals surface area contributed by atoms with E-state index < -0.39 is 6.85 Å². The summed E-state index contributed by atoms with van der Waals surface area (Å²) in [5.41, 5.74) is 8.10. The predicted molar refractivity (Wildman–Crippen MR) is 203 cm³/mol. The van der Waals surface area contributed by atoms with E-state index in [1.54, 1.807) is 18.2 Å². The number of fused-ring (bicyclic) bond motifs is 8. The van der Waals surface area contributed by atoms with Crippen molar-refractivity contribution < 1.29 is 28.6 Å². The van der Waals surface area contributed by atoms with Crippen molar-refractivity contribution in [2.75, 3.05) is 0 Å². The van der Waals surface area contributed by atoms with E-state index in [4.69, 9.17) is 13.5 Å². The van der Waals surface area contributed by atoms with Gasteiger partial charge in [-0.25, -0.2) is 4.98 Å². The number of furan rings is 1. The number of rotatable bonds is 3. The van der Waals surface area contributed by atoms with Gasteiger partial charge in [-0.1, -0.05) is 89.8 Å². The number of aryl methyl sites for hydroxylation is 2. The third-order valence-electron chi connectivity index (χ3n) is 8.94. The second-order valence-corrected chi connectivity index (χ2v) is 12.2. The van der Waals surface area contributed by atoms with E-state index in [1.807, 2.05) is 48.7 Å². The van der Waals surface area contributed by atoms with Crippen molar-refractivity contribution in [3.8, 4) is 28.3 Å². The first kappa shape index (κ1) is 28.9. The minimum Gasteiger partial charge on any atom is -0.500 e. The normalized spacial score (nSPS) is 12.3. The molecule has 0 aliphatic carbocycles. The molecule has 0 saturated heterocycles. The Morgan fingerprint density at radius 3 is 2.27 bits per heavy atom. The van der Waals surface area contributed by atoms with E-state index in [1.165, 1.54) is 17.0 Å². The predicted octanol–water partition coefficient (Wildman–Crippen LogP) is 11.3. The molecule has 0 spiro atoms. The molecule has 0 aliphatic heterocycles. The van der Waals surface area contributed by atoms with Crippen LogP contribution in [0, 0.1) is 25.9 Å². The molecule has 6 heteroatoms. The van der Waals surface area contributed by atoms with Gasteiger partial charge in [0.25, 0.3) is 0 Å². The smallest absolute Gasteiger partial charge is 0.168 e. The minimum absolute atomic E-state index is 0. The van der Waals surface area contributed by atoms with Gasteiger partial charge in [-0.15, -0.1) is 54.1 Å². The van der Waals surface area contributed by atoms with Crippen LogP contribution in [0.15, 0.2) is 150 Å². The zero-order chi connectivity index (χ0) is 36.1. The van der Waals surface area contributed by atoms with Crippen LogP contribution in [-0.4, -0.2) is 19.5 Å². The molecule has 4 aromatic heterocycles. The topological polar surface area (TPSA) is 56.7 Å². The van der Waals surface area contributed by atoms with Gasteiger partial charge in [-0.2, -0.15) is 0 Å². The second kappa shape index (κ2) is 13.4. The number of benzene rings is 6. The number of pyridine rings is 2. The molecule has 4 heterocycles. The van der Waals surface area contributed by atoms with Crippen LogP contribution >= 0.6 is 0 Å². The van der Waals surface area contributed by atoms with Gasteiger partial charge in [0.2, 0.25) is 0 Å². The Morgan fingerprint density at radius 2 is 1.45 bits per heavy atom. The van der Waals surface area contributed by atoms with E-state index in [0.29, 0.717) is 5.65 Å². The summed E-state index contributed by atoms with van der Waals surface area (Å²) in [4.78, 5) is 13.8. The molecule has 0 bridgehead atoms. The largest absolute Gasteiger partial charge is 0.500 e.